The quantitative estimate of drug-likeness (QED) is 0.280. The second-order valence-electron chi connectivity index (χ2n) is 3.73. The molecule has 0 unspecified atom stereocenters. The number of halogens is 2. The minimum absolute atomic E-state index is 0.0373. The number of hydrogen-bond acceptors (Lipinski definition) is 5. The van der Waals surface area contributed by atoms with Crippen molar-refractivity contribution in [2.75, 3.05) is 17.8 Å². The van der Waals surface area contributed by atoms with Gasteiger partial charge >= 0.3 is 0 Å². The zero-order chi connectivity index (χ0) is 14.6. The summed E-state index contributed by atoms with van der Waals surface area (Å²) in [6.45, 7) is 0. The first-order valence-electron chi connectivity index (χ1n) is 5.02. The fourth-order valence-corrected chi connectivity index (χ4v) is 3.34. The van der Waals surface area contributed by atoms with Crippen molar-refractivity contribution in [3.8, 4) is 0 Å². The molecule has 0 amide bonds. The highest BCUT2D eigenvalue weighted by atomic mass is 32.2. The maximum absolute atomic E-state index is 13.6. The first kappa shape index (κ1) is 15.7. The van der Waals surface area contributed by atoms with Crippen molar-refractivity contribution in [1.82, 2.24) is 0 Å². The number of amidine groups is 1. The predicted molar refractivity (Wildman–Crippen MR) is 69.3 cm³/mol. The molecule has 19 heavy (non-hydrogen) atoms. The van der Waals surface area contributed by atoms with Gasteiger partial charge in [-0.1, -0.05) is 5.16 Å². The van der Waals surface area contributed by atoms with Crippen molar-refractivity contribution in [2.24, 2.45) is 10.9 Å². The molecule has 0 saturated heterocycles. The molecule has 1 aromatic carbocycles. The molecule has 0 fully saturated rings. The molecule has 0 aliphatic carbocycles. The van der Waals surface area contributed by atoms with E-state index < -0.39 is 27.3 Å². The Hall–Kier alpha value is -1.35. The third-order valence-corrected chi connectivity index (χ3v) is 4.39. The van der Waals surface area contributed by atoms with E-state index >= 15 is 0 Å². The molecule has 0 atom stereocenters. The smallest absolute Gasteiger partial charge is 0.170 e. The van der Waals surface area contributed by atoms with Crippen LogP contribution in [0.1, 0.15) is 5.56 Å². The van der Waals surface area contributed by atoms with Crippen molar-refractivity contribution in [2.45, 2.75) is 4.90 Å². The molecular formula is C10H12F2N2O3S2. The third-order valence-electron chi connectivity index (χ3n) is 2.10. The second kappa shape index (κ2) is 6.20. The van der Waals surface area contributed by atoms with Crippen molar-refractivity contribution >= 4 is 27.4 Å². The number of sulfone groups is 1. The molecule has 3 N–H and O–H groups in total. The van der Waals surface area contributed by atoms with Crippen molar-refractivity contribution < 1.29 is 22.4 Å². The van der Waals surface area contributed by atoms with E-state index in [4.69, 9.17) is 10.9 Å². The van der Waals surface area contributed by atoms with Gasteiger partial charge in [-0.3, -0.25) is 0 Å². The van der Waals surface area contributed by atoms with Gasteiger partial charge in [-0.2, -0.15) is 0 Å². The minimum atomic E-state index is -3.18. The van der Waals surface area contributed by atoms with Gasteiger partial charge in [0.15, 0.2) is 5.84 Å². The Balaban J connectivity index is 2.92. The molecule has 0 radical (unpaired) electrons. The summed E-state index contributed by atoms with van der Waals surface area (Å²) in [5.41, 5.74) is 5.13. The highest BCUT2D eigenvalue weighted by molar-refractivity contribution is 8.00. The van der Waals surface area contributed by atoms with Crippen LogP contribution in [0.2, 0.25) is 0 Å². The van der Waals surface area contributed by atoms with Crippen LogP contribution in [0.4, 0.5) is 8.78 Å². The van der Waals surface area contributed by atoms with E-state index in [0.29, 0.717) is 0 Å². The SMILES string of the molecule is CS(=O)(=O)CCSc1c(F)cc(C(N)=NO)cc1F. The highest BCUT2D eigenvalue weighted by Gasteiger charge is 2.14. The first-order valence-corrected chi connectivity index (χ1v) is 8.06. The second-order valence-corrected chi connectivity index (χ2v) is 7.10. The molecule has 106 valence electrons. The number of thioether (sulfide) groups is 1. The number of benzene rings is 1. The van der Waals surface area contributed by atoms with Gasteiger partial charge < -0.3 is 10.9 Å². The first-order chi connectivity index (χ1) is 8.74. The van der Waals surface area contributed by atoms with Crippen LogP contribution in [-0.2, 0) is 9.84 Å². The normalized spacial score (nSPS) is 12.7. The standard InChI is InChI=1S/C10H12F2N2O3S2/c1-19(16,17)3-2-18-9-7(11)4-6(5-8(9)12)10(13)14-15/h4-5,15H,2-3H2,1H3,(H2,13,14). The Morgan fingerprint density at radius 2 is 1.95 bits per heavy atom. The summed E-state index contributed by atoms with van der Waals surface area (Å²) in [5.74, 6) is -2.33. The number of nitrogens with zero attached hydrogens (tertiary/aromatic N) is 1. The molecule has 0 saturated carbocycles. The Bertz CT molecular complexity index is 580. The van der Waals surface area contributed by atoms with Crippen LogP contribution in [0.5, 0.6) is 0 Å². The van der Waals surface area contributed by atoms with Gasteiger partial charge in [0.25, 0.3) is 0 Å². The van der Waals surface area contributed by atoms with Crippen LogP contribution in [0, 0.1) is 11.6 Å². The van der Waals surface area contributed by atoms with Crippen LogP contribution in [-0.4, -0.2) is 37.2 Å². The maximum Gasteiger partial charge on any atom is 0.170 e. The fraction of sp³-hybridized carbons (Fsp3) is 0.300. The summed E-state index contributed by atoms with van der Waals surface area (Å²) in [4.78, 5) is -0.293. The van der Waals surface area contributed by atoms with Gasteiger partial charge in [0.05, 0.1) is 10.6 Å². The molecule has 0 aromatic heterocycles. The summed E-state index contributed by atoms with van der Waals surface area (Å²) in [6, 6.07) is 1.84. The van der Waals surface area contributed by atoms with E-state index in [9.17, 15) is 17.2 Å². The van der Waals surface area contributed by atoms with Crippen molar-refractivity contribution in [3.63, 3.8) is 0 Å². The third kappa shape index (κ3) is 4.67. The summed E-state index contributed by atoms with van der Waals surface area (Å²) in [5, 5.41) is 11.1. The van der Waals surface area contributed by atoms with E-state index in [1.807, 2.05) is 0 Å². The van der Waals surface area contributed by atoms with Gasteiger partial charge in [0.2, 0.25) is 0 Å². The highest BCUT2D eigenvalue weighted by Crippen LogP contribution is 2.26. The molecule has 1 aromatic rings. The van der Waals surface area contributed by atoms with E-state index in [1.54, 1.807) is 0 Å². The summed E-state index contributed by atoms with van der Waals surface area (Å²) in [6.07, 6.45) is 1.04. The van der Waals surface area contributed by atoms with Crippen LogP contribution in [0.15, 0.2) is 22.2 Å². The molecule has 0 bridgehead atoms. The van der Waals surface area contributed by atoms with Gasteiger partial charge in [-0.05, 0) is 12.1 Å². The number of nitrogens with two attached hydrogens (primary N) is 1. The van der Waals surface area contributed by atoms with E-state index in [0.717, 1.165) is 30.2 Å². The zero-order valence-corrected chi connectivity index (χ0v) is 11.6. The Morgan fingerprint density at radius 1 is 1.42 bits per heavy atom. The topological polar surface area (TPSA) is 92.8 Å². The van der Waals surface area contributed by atoms with Gasteiger partial charge in [0, 0.05) is 17.6 Å². The van der Waals surface area contributed by atoms with Gasteiger partial charge in [-0.15, -0.1) is 11.8 Å². The largest absolute Gasteiger partial charge is 0.409 e. The average molecular weight is 310 g/mol. The Morgan fingerprint density at radius 3 is 2.37 bits per heavy atom. The van der Waals surface area contributed by atoms with E-state index in [-0.39, 0.29) is 22.0 Å². The number of rotatable bonds is 5. The monoisotopic (exact) mass is 310 g/mol. The van der Waals surface area contributed by atoms with E-state index in [1.165, 1.54) is 0 Å². The molecule has 5 nitrogen and oxygen atoms in total. The zero-order valence-electron chi connectivity index (χ0n) is 9.93. The molecule has 1 rings (SSSR count). The summed E-state index contributed by atoms with van der Waals surface area (Å²) in [7, 11) is -3.18. The molecule has 0 heterocycles. The van der Waals surface area contributed by atoms with Crippen molar-refractivity contribution in [3.05, 3.63) is 29.3 Å². The Labute approximate surface area is 113 Å². The lowest BCUT2D eigenvalue weighted by Crippen LogP contribution is -2.14. The molecule has 0 aliphatic rings. The predicted octanol–water partition coefficient (Wildman–Crippen LogP) is 1.20. The number of oxime groups is 1. The minimum Gasteiger partial charge on any atom is -0.409 e. The summed E-state index contributed by atoms with van der Waals surface area (Å²) < 4.78 is 49.1. The fourth-order valence-electron chi connectivity index (χ4n) is 1.20. The van der Waals surface area contributed by atoms with Crippen LogP contribution >= 0.6 is 11.8 Å². The van der Waals surface area contributed by atoms with E-state index in [2.05, 4.69) is 5.16 Å². The van der Waals surface area contributed by atoms with Gasteiger partial charge in [0.1, 0.15) is 21.5 Å². The molecular weight excluding hydrogens is 298 g/mol. The lowest BCUT2D eigenvalue weighted by molar-refractivity contribution is 0.318. The lowest BCUT2D eigenvalue weighted by atomic mass is 10.2. The molecule has 0 aliphatic heterocycles. The lowest BCUT2D eigenvalue weighted by Gasteiger charge is -2.07. The van der Waals surface area contributed by atoms with Crippen molar-refractivity contribution in [1.29, 1.82) is 0 Å². The maximum atomic E-state index is 13.6. The average Bonchev–Trinajstić information content (AvgIpc) is 2.30. The molecule has 0 spiro atoms. The van der Waals surface area contributed by atoms with Gasteiger partial charge in [-0.25, -0.2) is 17.2 Å². The number of hydrogen-bond donors (Lipinski definition) is 2. The van der Waals surface area contributed by atoms with Crippen LogP contribution < -0.4 is 5.73 Å². The van der Waals surface area contributed by atoms with Crippen LogP contribution in [0.25, 0.3) is 0 Å². The van der Waals surface area contributed by atoms with Crippen LogP contribution in [0.3, 0.4) is 0 Å². The summed E-state index contributed by atoms with van der Waals surface area (Å²) >= 11 is 0.756. The Kier molecular flexibility index (Phi) is 5.12. The molecule has 9 heteroatoms.